The lowest BCUT2D eigenvalue weighted by atomic mass is 9.99. The molecule has 1 heterocycles. The summed E-state index contributed by atoms with van der Waals surface area (Å²) in [5.41, 5.74) is 6.03. The molecule has 1 aliphatic rings. The van der Waals surface area contributed by atoms with E-state index in [0.717, 1.165) is 24.6 Å². The van der Waals surface area contributed by atoms with Crippen LogP contribution in [0.3, 0.4) is 0 Å². The predicted molar refractivity (Wildman–Crippen MR) is 78.3 cm³/mol. The van der Waals surface area contributed by atoms with Gasteiger partial charge < -0.3 is 10.6 Å². The second kappa shape index (κ2) is 6.26. The van der Waals surface area contributed by atoms with Crippen LogP contribution in [0.4, 0.5) is 18.9 Å². The second-order valence-corrected chi connectivity index (χ2v) is 6.34. The van der Waals surface area contributed by atoms with Crippen molar-refractivity contribution >= 4 is 17.4 Å². The minimum Gasteiger partial charge on any atom is -0.370 e. The first kappa shape index (κ1) is 15.5. The Labute approximate surface area is 121 Å². The van der Waals surface area contributed by atoms with Crippen LogP contribution in [0, 0.1) is 0 Å². The quantitative estimate of drug-likeness (QED) is 0.930. The maximum absolute atomic E-state index is 13.2. The highest BCUT2D eigenvalue weighted by Gasteiger charge is 2.34. The van der Waals surface area contributed by atoms with Crippen LogP contribution in [0.2, 0.25) is 0 Å². The Morgan fingerprint density at radius 2 is 1.95 bits per heavy atom. The Bertz CT molecular complexity index is 454. The van der Waals surface area contributed by atoms with E-state index in [1.54, 1.807) is 19.1 Å². The first-order valence-electron chi connectivity index (χ1n) is 6.66. The number of nitrogens with two attached hydrogens (primary N) is 1. The minimum absolute atomic E-state index is 0.241. The van der Waals surface area contributed by atoms with Gasteiger partial charge in [-0.2, -0.15) is 24.9 Å². The first-order valence-corrected chi connectivity index (χ1v) is 7.82. The number of nitrogens with zero attached hydrogens (tertiary/aromatic N) is 1. The molecule has 0 aromatic heterocycles. The highest BCUT2D eigenvalue weighted by atomic mass is 32.2. The fourth-order valence-corrected chi connectivity index (χ4v) is 3.27. The van der Waals surface area contributed by atoms with E-state index in [4.69, 9.17) is 5.73 Å². The van der Waals surface area contributed by atoms with Gasteiger partial charge in [-0.3, -0.25) is 0 Å². The Morgan fingerprint density at radius 1 is 1.30 bits per heavy atom. The second-order valence-electron chi connectivity index (χ2n) is 5.12. The van der Waals surface area contributed by atoms with Crippen molar-refractivity contribution in [2.75, 3.05) is 29.5 Å². The highest BCUT2D eigenvalue weighted by molar-refractivity contribution is 7.99. The van der Waals surface area contributed by atoms with E-state index in [9.17, 15) is 13.2 Å². The molecule has 1 saturated heterocycles. The zero-order valence-corrected chi connectivity index (χ0v) is 12.2. The predicted octanol–water partition coefficient (Wildman–Crippen LogP) is 3.15. The van der Waals surface area contributed by atoms with E-state index >= 15 is 0 Å². The van der Waals surface area contributed by atoms with E-state index < -0.39 is 11.7 Å². The molecular weight excluding hydrogens is 285 g/mol. The molecule has 0 spiro atoms. The Hall–Kier alpha value is -0.880. The number of alkyl halides is 3. The van der Waals surface area contributed by atoms with Crippen LogP contribution in [0.15, 0.2) is 18.2 Å². The van der Waals surface area contributed by atoms with Crippen LogP contribution in [0.25, 0.3) is 0 Å². The lowest BCUT2D eigenvalue weighted by Gasteiger charge is -2.29. The molecule has 2 rings (SSSR count). The van der Waals surface area contributed by atoms with Crippen LogP contribution in [-0.4, -0.2) is 30.6 Å². The van der Waals surface area contributed by atoms with Gasteiger partial charge in [-0.05, 0) is 31.0 Å². The third-order valence-corrected chi connectivity index (χ3v) is 4.26. The van der Waals surface area contributed by atoms with Gasteiger partial charge in [0.15, 0.2) is 0 Å². The highest BCUT2D eigenvalue weighted by Crippen LogP contribution is 2.35. The largest absolute Gasteiger partial charge is 0.416 e. The molecular formula is C14H19F3N2S. The van der Waals surface area contributed by atoms with Crippen molar-refractivity contribution in [2.24, 2.45) is 5.73 Å². The fraction of sp³-hybridized carbons (Fsp3) is 0.571. The van der Waals surface area contributed by atoms with E-state index in [0.29, 0.717) is 5.69 Å². The Morgan fingerprint density at radius 3 is 2.50 bits per heavy atom. The van der Waals surface area contributed by atoms with Crippen LogP contribution < -0.4 is 10.6 Å². The van der Waals surface area contributed by atoms with Crippen molar-refractivity contribution in [2.45, 2.75) is 25.6 Å². The zero-order chi connectivity index (χ0) is 14.8. The number of anilines is 1. The number of rotatable bonds is 3. The van der Waals surface area contributed by atoms with Crippen molar-refractivity contribution in [1.82, 2.24) is 0 Å². The average molecular weight is 304 g/mol. The van der Waals surface area contributed by atoms with Gasteiger partial charge >= 0.3 is 6.18 Å². The molecule has 0 bridgehead atoms. The summed E-state index contributed by atoms with van der Waals surface area (Å²) in [5, 5.41) is 0. The van der Waals surface area contributed by atoms with Gasteiger partial charge in [0.25, 0.3) is 0 Å². The summed E-state index contributed by atoms with van der Waals surface area (Å²) in [6.07, 6.45) is -4.09. The molecule has 1 atom stereocenters. The standard InChI is InChI=1S/C14H19F3N2S/c1-10(18)8-11-2-3-12(9-13(11)14(15,16)17)19-4-6-20-7-5-19/h2-3,9-10H,4-8,18H2,1H3. The van der Waals surface area contributed by atoms with Crippen LogP contribution in [0.1, 0.15) is 18.1 Å². The number of hydrogen-bond donors (Lipinski definition) is 1. The van der Waals surface area contributed by atoms with Crippen molar-refractivity contribution < 1.29 is 13.2 Å². The summed E-state index contributed by atoms with van der Waals surface area (Å²) in [4.78, 5) is 2.02. The molecule has 0 radical (unpaired) electrons. The first-order chi connectivity index (χ1) is 9.38. The van der Waals surface area contributed by atoms with Gasteiger partial charge in [0.2, 0.25) is 0 Å². The summed E-state index contributed by atoms with van der Waals surface area (Å²) < 4.78 is 39.5. The van der Waals surface area contributed by atoms with Crippen molar-refractivity contribution in [3.63, 3.8) is 0 Å². The lowest BCUT2D eigenvalue weighted by molar-refractivity contribution is -0.138. The van der Waals surface area contributed by atoms with Crippen LogP contribution in [0.5, 0.6) is 0 Å². The van der Waals surface area contributed by atoms with E-state index in [2.05, 4.69) is 0 Å². The third kappa shape index (κ3) is 3.82. The summed E-state index contributed by atoms with van der Waals surface area (Å²) in [7, 11) is 0. The molecule has 2 nitrogen and oxygen atoms in total. The molecule has 1 aromatic carbocycles. The molecule has 2 N–H and O–H groups in total. The number of thioether (sulfide) groups is 1. The van der Waals surface area contributed by atoms with E-state index in [-0.39, 0.29) is 18.0 Å². The summed E-state index contributed by atoms with van der Waals surface area (Å²) in [6, 6.07) is 4.34. The van der Waals surface area contributed by atoms with Crippen molar-refractivity contribution in [3.05, 3.63) is 29.3 Å². The fourth-order valence-electron chi connectivity index (χ4n) is 2.37. The van der Waals surface area contributed by atoms with Gasteiger partial charge in [0.05, 0.1) is 5.56 Å². The number of benzene rings is 1. The molecule has 20 heavy (non-hydrogen) atoms. The zero-order valence-electron chi connectivity index (χ0n) is 11.4. The lowest BCUT2D eigenvalue weighted by Crippen LogP contribution is -2.32. The molecule has 0 saturated carbocycles. The van der Waals surface area contributed by atoms with Crippen LogP contribution in [-0.2, 0) is 12.6 Å². The van der Waals surface area contributed by atoms with Gasteiger partial charge in [-0.25, -0.2) is 0 Å². The Balaban J connectivity index is 2.32. The van der Waals surface area contributed by atoms with Gasteiger partial charge in [0, 0.05) is 36.3 Å². The third-order valence-electron chi connectivity index (χ3n) is 3.32. The molecule has 0 amide bonds. The van der Waals surface area contributed by atoms with Gasteiger partial charge in [-0.15, -0.1) is 0 Å². The van der Waals surface area contributed by atoms with Crippen molar-refractivity contribution in [1.29, 1.82) is 0 Å². The summed E-state index contributed by atoms with van der Waals surface area (Å²) >= 11 is 1.83. The smallest absolute Gasteiger partial charge is 0.370 e. The summed E-state index contributed by atoms with van der Waals surface area (Å²) in [5.74, 6) is 1.92. The molecule has 6 heteroatoms. The molecule has 112 valence electrons. The minimum atomic E-state index is -4.33. The summed E-state index contributed by atoms with van der Waals surface area (Å²) in [6.45, 7) is 3.32. The normalized spacial score (nSPS) is 18.1. The molecule has 1 fully saturated rings. The number of halogens is 3. The molecule has 1 aliphatic heterocycles. The monoisotopic (exact) mass is 304 g/mol. The average Bonchev–Trinajstić information content (AvgIpc) is 2.38. The maximum atomic E-state index is 13.2. The van der Waals surface area contributed by atoms with E-state index in [1.807, 2.05) is 16.7 Å². The molecule has 0 aliphatic carbocycles. The molecule has 1 unspecified atom stereocenters. The SMILES string of the molecule is CC(N)Cc1ccc(N2CCSCC2)cc1C(F)(F)F. The molecule has 1 aromatic rings. The Kier molecular flexibility index (Phi) is 4.86. The van der Waals surface area contributed by atoms with Crippen LogP contribution >= 0.6 is 11.8 Å². The number of hydrogen-bond acceptors (Lipinski definition) is 3. The maximum Gasteiger partial charge on any atom is 0.416 e. The van der Waals surface area contributed by atoms with E-state index in [1.165, 1.54) is 6.07 Å². The van der Waals surface area contributed by atoms with Gasteiger partial charge in [0.1, 0.15) is 0 Å². The van der Waals surface area contributed by atoms with Crippen molar-refractivity contribution in [3.8, 4) is 0 Å². The van der Waals surface area contributed by atoms with Gasteiger partial charge in [-0.1, -0.05) is 6.07 Å². The topological polar surface area (TPSA) is 29.3 Å².